The first-order chi connectivity index (χ1) is 15.4. The molecule has 0 saturated heterocycles. The van der Waals surface area contributed by atoms with Gasteiger partial charge in [0.1, 0.15) is 5.76 Å². The van der Waals surface area contributed by atoms with Crippen LogP contribution in [-0.4, -0.2) is 48.5 Å². The molecule has 2 aliphatic heterocycles. The van der Waals surface area contributed by atoms with Crippen LogP contribution in [-0.2, 0) is 16.5 Å². The first-order valence-electron chi connectivity index (χ1n) is 11.2. The zero-order valence-electron chi connectivity index (χ0n) is 19.8. The Hall–Kier alpha value is -2.72. The summed E-state index contributed by atoms with van der Waals surface area (Å²) in [5, 5.41) is 3.84. The highest BCUT2D eigenvalue weighted by Crippen LogP contribution is 2.38. The maximum absolute atomic E-state index is 13.7. The Balaban J connectivity index is 1.64. The number of aliphatic imine (C=N–C) groups is 1. The van der Waals surface area contributed by atoms with Gasteiger partial charge in [0.15, 0.2) is 0 Å². The Morgan fingerprint density at radius 1 is 1.35 bits per heavy atom. The van der Waals surface area contributed by atoms with Crippen LogP contribution in [0.1, 0.15) is 56.8 Å². The Morgan fingerprint density at radius 3 is 2.74 bits per heavy atom. The van der Waals surface area contributed by atoms with Gasteiger partial charge in [-0.05, 0) is 58.7 Å². The van der Waals surface area contributed by atoms with Crippen LogP contribution in [0.2, 0.25) is 0 Å². The monoisotopic (exact) mass is 445 g/mol. The molecule has 0 bridgehead atoms. The number of rotatable bonds is 5. The van der Waals surface area contributed by atoms with E-state index in [2.05, 4.69) is 14.9 Å². The van der Waals surface area contributed by atoms with Gasteiger partial charge < -0.3 is 9.42 Å². The molecule has 10 heteroatoms. The van der Waals surface area contributed by atoms with Crippen LogP contribution in [0.15, 0.2) is 32.6 Å². The van der Waals surface area contributed by atoms with Crippen molar-refractivity contribution in [2.24, 2.45) is 4.99 Å². The largest absolute Gasteiger partial charge is 0.361 e. The third-order valence-corrected chi connectivity index (χ3v) is 7.60. The number of hydrogen-bond donors (Lipinski definition) is 1. The molecule has 9 nitrogen and oxygen atoms in total. The molecule has 1 aromatic carbocycles. The fourth-order valence-corrected chi connectivity index (χ4v) is 5.39. The van der Waals surface area contributed by atoms with Crippen LogP contribution in [0, 0.1) is 13.8 Å². The van der Waals surface area contributed by atoms with E-state index in [-0.39, 0.29) is 33.8 Å². The number of carbonyl (C=O) groups is 1. The average molecular weight is 446 g/mol. The van der Waals surface area contributed by atoms with Crippen LogP contribution in [0.3, 0.4) is 0 Å². The summed E-state index contributed by atoms with van der Waals surface area (Å²) in [6.07, 6.45) is 1.51. The molecule has 1 aromatic heterocycles. The summed E-state index contributed by atoms with van der Waals surface area (Å²) >= 11 is 0. The molecular formula is C21H25N5O4S. The van der Waals surface area contributed by atoms with Crippen molar-refractivity contribution >= 4 is 27.6 Å². The van der Waals surface area contributed by atoms with Crippen molar-refractivity contribution in [3.05, 3.63) is 40.8 Å². The van der Waals surface area contributed by atoms with Gasteiger partial charge in [0.2, 0.25) is 16.0 Å². The smallest absolute Gasteiger partial charge is 0.263 e. The van der Waals surface area contributed by atoms with E-state index in [0.29, 0.717) is 17.9 Å². The van der Waals surface area contributed by atoms with E-state index in [4.69, 9.17) is 7.26 Å². The van der Waals surface area contributed by atoms with Crippen molar-refractivity contribution in [1.29, 1.82) is 0 Å². The molecule has 0 radical (unpaired) electrons. The molecule has 1 saturated carbocycles. The normalized spacial score (nSPS) is 23.2. The number of fused-ring (bicyclic) bond motifs is 3. The Kier molecular flexibility index (Phi) is 3.83. The van der Waals surface area contributed by atoms with Gasteiger partial charge >= 0.3 is 0 Å². The van der Waals surface area contributed by atoms with Crippen molar-refractivity contribution in [1.82, 2.24) is 14.8 Å². The van der Waals surface area contributed by atoms with E-state index >= 15 is 0 Å². The number of aromatic nitrogens is 1. The van der Waals surface area contributed by atoms with Crippen LogP contribution in [0.4, 0.5) is 5.69 Å². The Labute approximate surface area is 184 Å². The zero-order chi connectivity index (χ0) is 23.9. The van der Waals surface area contributed by atoms with Crippen molar-refractivity contribution in [3.63, 3.8) is 0 Å². The summed E-state index contributed by atoms with van der Waals surface area (Å²) in [7, 11) is -3.85. The van der Waals surface area contributed by atoms with Gasteiger partial charge in [-0.15, -0.1) is 0 Å². The lowest BCUT2D eigenvalue weighted by atomic mass is 10.1. The molecule has 0 unspecified atom stereocenters. The standard InChI is InChI=1S/C21H25N5O4S/c1-12-10-22-20-25(11-17-13(2)23-30-14(17)3)19(27)16-9-15(5-6-18(16)26(12)20)31(28,29)24-21(4)7-8-21/h5-6,9,12,24H,7-8,10-11H2,1-4H3/t12-/m1/s1/i11D2. The van der Waals surface area contributed by atoms with E-state index in [1.165, 1.54) is 12.1 Å². The van der Waals surface area contributed by atoms with Gasteiger partial charge in [-0.1, -0.05) is 5.16 Å². The number of guanidine groups is 1. The predicted molar refractivity (Wildman–Crippen MR) is 114 cm³/mol. The number of carbonyl (C=O) groups excluding carboxylic acids is 1. The molecule has 164 valence electrons. The minimum absolute atomic E-state index is 0.0344. The molecule has 1 N–H and O–H groups in total. The van der Waals surface area contributed by atoms with E-state index in [1.807, 2.05) is 13.8 Å². The molecule has 0 spiro atoms. The minimum atomic E-state index is -3.85. The molecule has 1 aliphatic carbocycles. The van der Waals surface area contributed by atoms with Gasteiger partial charge in [-0.3, -0.25) is 14.7 Å². The Bertz CT molecular complexity index is 1300. The minimum Gasteiger partial charge on any atom is -0.361 e. The Morgan fingerprint density at radius 2 is 2.10 bits per heavy atom. The number of nitrogens with one attached hydrogen (secondary N) is 1. The number of benzene rings is 1. The lowest BCUT2D eigenvalue weighted by molar-refractivity contribution is 0.0832. The molecule has 1 atom stereocenters. The lowest BCUT2D eigenvalue weighted by Gasteiger charge is -2.38. The second-order valence-electron chi connectivity index (χ2n) is 8.66. The van der Waals surface area contributed by atoms with Crippen LogP contribution >= 0.6 is 0 Å². The second-order valence-corrected chi connectivity index (χ2v) is 10.3. The van der Waals surface area contributed by atoms with E-state index in [9.17, 15) is 13.2 Å². The number of amides is 1. The fourth-order valence-electron chi connectivity index (χ4n) is 3.90. The molecule has 3 aliphatic rings. The van der Waals surface area contributed by atoms with Crippen molar-refractivity contribution in [3.8, 4) is 0 Å². The highest BCUT2D eigenvalue weighted by Gasteiger charge is 2.43. The maximum Gasteiger partial charge on any atom is 0.263 e. The summed E-state index contributed by atoms with van der Waals surface area (Å²) in [6, 6.07) is 4.25. The number of sulfonamides is 1. The van der Waals surface area contributed by atoms with Gasteiger partial charge in [0.25, 0.3) is 5.91 Å². The summed E-state index contributed by atoms with van der Waals surface area (Å²) in [6.45, 7) is 5.00. The zero-order valence-corrected chi connectivity index (χ0v) is 18.6. The topological polar surface area (TPSA) is 108 Å². The predicted octanol–water partition coefficient (Wildman–Crippen LogP) is 2.34. The molecular weight excluding hydrogens is 418 g/mol. The first-order valence-corrected chi connectivity index (χ1v) is 11.6. The molecule has 5 rings (SSSR count). The molecule has 31 heavy (non-hydrogen) atoms. The quantitative estimate of drug-likeness (QED) is 0.757. The van der Waals surface area contributed by atoms with Crippen molar-refractivity contribution in [2.45, 2.75) is 63.5 Å². The molecule has 2 aromatic rings. The van der Waals surface area contributed by atoms with Crippen LogP contribution in [0.5, 0.6) is 0 Å². The summed E-state index contributed by atoms with van der Waals surface area (Å²) in [5.41, 5.74) is 0.615. The summed E-state index contributed by atoms with van der Waals surface area (Å²) in [4.78, 5) is 20.9. The van der Waals surface area contributed by atoms with Gasteiger partial charge in [0.05, 0.1) is 43.7 Å². The van der Waals surface area contributed by atoms with Crippen LogP contribution < -0.4 is 9.62 Å². The van der Waals surface area contributed by atoms with Gasteiger partial charge in [-0.2, -0.15) is 0 Å². The third-order valence-electron chi connectivity index (χ3n) is 5.96. The second kappa shape index (κ2) is 6.64. The third kappa shape index (κ3) is 3.25. The van der Waals surface area contributed by atoms with Crippen molar-refractivity contribution in [2.75, 3.05) is 11.4 Å². The fraction of sp³-hybridized carbons (Fsp3) is 0.476. The number of nitrogens with zero attached hydrogens (tertiary/aromatic N) is 4. The van der Waals surface area contributed by atoms with Crippen LogP contribution in [0.25, 0.3) is 0 Å². The van der Waals surface area contributed by atoms with Gasteiger partial charge in [-0.25, -0.2) is 13.1 Å². The number of anilines is 1. The van der Waals surface area contributed by atoms with Crippen molar-refractivity contribution < 1.29 is 20.5 Å². The number of hydrogen-bond acceptors (Lipinski definition) is 7. The highest BCUT2D eigenvalue weighted by molar-refractivity contribution is 7.89. The highest BCUT2D eigenvalue weighted by atomic mass is 32.2. The van der Waals surface area contributed by atoms with E-state index < -0.39 is 28.0 Å². The SMILES string of the molecule is [2H]C([2H])(c1c(C)noc1C)N1C(=O)c2cc(S(=O)(=O)NC3(C)CC3)ccc2N2C1=NC[C@H]2C. The van der Waals surface area contributed by atoms with E-state index in [1.54, 1.807) is 24.8 Å². The maximum atomic E-state index is 13.7. The van der Waals surface area contributed by atoms with E-state index in [0.717, 1.165) is 17.7 Å². The first kappa shape index (κ1) is 17.9. The summed E-state index contributed by atoms with van der Waals surface area (Å²) < 4.78 is 51.5. The molecule has 3 heterocycles. The average Bonchev–Trinajstić information content (AvgIpc) is 3.15. The number of aryl methyl sites for hydroxylation is 2. The molecule has 1 amide bonds. The lowest BCUT2D eigenvalue weighted by Crippen LogP contribution is -2.52. The summed E-state index contributed by atoms with van der Waals surface area (Å²) in [5.74, 6) is -0.231. The molecule has 1 fully saturated rings. The van der Waals surface area contributed by atoms with Gasteiger partial charge in [0, 0.05) is 11.1 Å².